The van der Waals surface area contributed by atoms with Gasteiger partial charge in [0.2, 0.25) is 5.91 Å². The van der Waals surface area contributed by atoms with Crippen molar-refractivity contribution in [3.05, 3.63) is 44.7 Å². The smallest absolute Gasteiger partial charge is 0.308 e. The molecule has 12 heteroatoms. The van der Waals surface area contributed by atoms with Crippen LogP contribution in [0.1, 0.15) is 37.8 Å². The van der Waals surface area contributed by atoms with Gasteiger partial charge in [-0.05, 0) is 37.0 Å². The Balaban J connectivity index is 1.87. The maximum absolute atomic E-state index is 13.8. The van der Waals surface area contributed by atoms with E-state index in [1.165, 1.54) is 17.6 Å². The summed E-state index contributed by atoms with van der Waals surface area (Å²) in [5, 5.41) is 2.76. The second kappa shape index (κ2) is 11.0. The number of hydrogen-bond acceptors (Lipinski definition) is 9. The molecule has 0 bridgehead atoms. The molecule has 2 aliphatic rings. The zero-order valence-electron chi connectivity index (χ0n) is 21.1. The molecule has 0 radical (unpaired) electrons. The number of nitrogens with one attached hydrogen (secondary N) is 1. The number of aromatic nitrogens is 2. The van der Waals surface area contributed by atoms with Crippen molar-refractivity contribution < 1.29 is 19.1 Å². The lowest BCUT2D eigenvalue weighted by atomic mass is 10.1. The highest BCUT2D eigenvalue weighted by molar-refractivity contribution is 8.26. The van der Waals surface area contributed by atoms with E-state index in [9.17, 15) is 19.2 Å². The molecular formula is C25H29N5O5S2. The van der Waals surface area contributed by atoms with E-state index in [1.807, 2.05) is 13.0 Å². The molecule has 4 rings (SSSR count). The molecule has 2 fully saturated rings. The van der Waals surface area contributed by atoms with Gasteiger partial charge in [-0.1, -0.05) is 43.9 Å². The highest BCUT2D eigenvalue weighted by Crippen LogP contribution is 2.34. The number of fused-ring (bicyclic) bond motifs is 1. The Kier molecular flexibility index (Phi) is 7.98. The van der Waals surface area contributed by atoms with E-state index in [-0.39, 0.29) is 35.2 Å². The van der Waals surface area contributed by atoms with E-state index in [2.05, 4.69) is 19.2 Å². The van der Waals surface area contributed by atoms with Crippen LogP contribution < -0.4 is 15.8 Å². The van der Waals surface area contributed by atoms with Crippen LogP contribution in [0.15, 0.2) is 28.0 Å². The number of methoxy groups -OCH3 is 1. The van der Waals surface area contributed by atoms with Crippen molar-refractivity contribution in [2.24, 2.45) is 5.92 Å². The van der Waals surface area contributed by atoms with Crippen molar-refractivity contribution >= 4 is 63.6 Å². The fraction of sp³-hybridized carbons (Fsp3) is 0.440. The molecule has 0 saturated carbocycles. The molecule has 2 aromatic rings. The molecule has 2 aliphatic heterocycles. The third-order valence-electron chi connectivity index (χ3n) is 6.33. The summed E-state index contributed by atoms with van der Waals surface area (Å²) in [5.74, 6) is -0.564. The second-order valence-corrected chi connectivity index (χ2v) is 11.0. The number of thiocarbonyl (C=S) groups is 1. The van der Waals surface area contributed by atoms with Crippen molar-refractivity contribution in [3.63, 3.8) is 0 Å². The van der Waals surface area contributed by atoms with Crippen LogP contribution in [0.25, 0.3) is 11.7 Å². The van der Waals surface area contributed by atoms with E-state index < -0.39 is 12.0 Å². The monoisotopic (exact) mass is 543 g/mol. The van der Waals surface area contributed by atoms with Crippen molar-refractivity contribution in [2.45, 2.75) is 39.7 Å². The normalized spacial score (nSPS) is 19.3. The molecule has 37 heavy (non-hydrogen) atoms. The Bertz CT molecular complexity index is 1370. The Morgan fingerprint density at radius 1 is 1.35 bits per heavy atom. The standard InChI is InChI=1S/C25H29N5O5S2/c1-14(2)7-10-30-24(34)18(37-25(30)36)12-16-21(27-20-15(3)6-5-9-29(20)23(16)33)28-11-8-26-22(32)17(28)13-19(31)35-4/h5-6,9,12,14,17H,7-8,10-11,13H2,1-4H3,(H,26,32)/b18-12-/t17-/m0/s1. The van der Waals surface area contributed by atoms with Gasteiger partial charge in [0.05, 0.1) is 24.0 Å². The number of ether oxygens (including phenoxy) is 1. The average molecular weight is 544 g/mol. The maximum atomic E-state index is 13.8. The lowest BCUT2D eigenvalue weighted by Crippen LogP contribution is -2.57. The summed E-state index contributed by atoms with van der Waals surface area (Å²) >= 11 is 6.59. The van der Waals surface area contributed by atoms with Crippen molar-refractivity contribution in [1.82, 2.24) is 19.6 Å². The topological polar surface area (TPSA) is 113 Å². The van der Waals surface area contributed by atoms with Crippen LogP contribution in [0.4, 0.5) is 5.82 Å². The molecule has 4 heterocycles. The lowest BCUT2D eigenvalue weighted by Gasteiger charge is -2.36. The molecule has 1 N–H and O–H groups in total. The molecule has 0 spiro atoms. The number of amides is 2. The van der Waals surface area contributed by atoms with Gasteiger partial charge in [0.25, 0.3) is 11.5 Å². The minimum absolute atomic E-state index is 0.150. The summed E-state index contributed by atoms with van der Waals surface area (Å²) < 4.78 is 6.66. The molecule has 2 amide bonds. The number of carbonyl (C=O) groups is 3. The SMILES string of the molecule is COC(=O)C[C@H]1C(=O)NCCN1c1nc2c(C)cccn2c(=O)c1/C=C1\SC(=S)N(CCC(C)C)C1=O. The van der Waals surface area contributed by atoms with Crippen LogP contribution in [-0.2, 0) is 19.1 Å². The van der Waals surface area contributed by atoms with Crippen LogP contribution >= 0.6 is 24.0 Å². The van der Waals surface area contributed by atoms with Crippen LogP contribution in [0.2, 0.25) is 0 Å². The molecule has 0 aliphatic carbocycles. The first kappa shape index (κ1) is 26.8. The Morgan fingerprint density at radius 2 is 2.11 bits per heavy atom. The summed E-state index contributed by atoms with van der Waals surface area (Å²) in [4.78, 5) is 60.2. The number of carbonyl (C=O) groups excluding carboxylic acids is 3. The van der Waals surface area contributed by atoms with Crippen LogP contribution in [0.3, 0.4) is 0 Å². The number of aryl methyl sites for hydroxylation is 1. The Labute approximate surface area is 224 Å². The summed E-state index contributed by atoms with van der Waals surface area (Å²) in [6.45, 7) is 7.10. The summed E-state index contributed by atoms with van der Waals surface area (Å²) in [6.07, 6.45) is 3.70. The van der Waals surface area contributed by atoms with E-state index >= 15 is 0 Å². The molecule has 10 nitrogen and oxygen atoms in total. The number of anilines is 1. The van der Waals surface area contributed by atoms with Crippen LogP contribution in [-0.4, -0.2) is 69.2 Å². The first-order chi connectivity index (χ1) is 17.6. The average Bonchev–Trinajstić information content (AvgIpc) is 3.12. The van der Waals surface area contributed by atoms with Gasteiger partial charge in [0.1, 0.15) is 21.8 Å². The van der Waals surface area contributed by atoms with Crippen LogP contribution in [0, 0.1) is 12.8 Å². The quantitative estimate of drug-likeness (QED) is 0.319. The fourth-order valence-electron chi connectivity index (χ4n) is 4.27. The molecule has 0 aromatic carbocycles. The van der Waals surface area contributed by atoms with Gasteiger partial charge >= 0.3 is 5.97 Å². The highest BCUT2D eigenvalue weighted by Gasteiger charge is 2.36. The Hall–Kier alpha value is -3.25. The van der Waals surface area contributed by atoms with E-state index in [0.29, 0.717) is 40.4 Å². The highest BCUT2D eigenvalue weighted by atomic mass is 32.2. The predicted molar refractivity (Wildman–Crippen MR) is 146 cm³/mol. The molecule has 0 unspecified atom stereocenters. The summed E-state index contributed by atoms with van der Waals surface area (Å²) in [6, 6.07) is 2.65. The minimum Gasteiger partial charge on any atom is -0.469 e. The third kappa shape index (κ3) is 5.40. The summed E-state index contributed by atoms with van der Waals surface area (Å²) in [5.41, 5.74) is 0.946. The number of thioether (sulfide) groups is 1. The van der Waals surface area contributed by atoms with E-state index in [1.54, 1.807) is 22.1 Å². The number of rotatable bonds is 7. The largest absolute Gasteiger partial charge is 0.469 e. The molecule has 2 aromatic heterocycles. The van der Waals surface area contributed by atoms with Gasteiger partial charge in [0, 0.05) is 25.8 Å². The van der Waals surface area contributed by atoms with Gasteiger partial charge in [-0.15, -0.1) is 0 Å². The van der Waals surface area contributed by atoms with Crippen molar-refractivity contribution in [2.75, 3.05) is 31.6 Å². The molecule has 196 valence electrons. The number of piperazine rings is 1. The molecular weight excluding hydrogens is 514 g/mol. The first-order valence-corrected chi connectivity index (χ1v) is 13.2. The molecule has 1 atom stereocenters. The lowest BCUT2D eigenvalue weighted by molar-refractivity contribution is -0.143. The maximum Gasteiger partial charge on any atom is 0.308 e. The Morgan fingerprint density at radius 3 is 2.81 bits per heavy atom. The number of nitrogens with zero attached hydrogens (tertiary/aromatic N) is 4. The van der Waals surface area contributed by atoms with Gasteiger partial charge in [-0.3, -0.25) is 28.5 Å². The second-order valence-electron chi connectivity index (χ2n) is 9.34. The molecule has 2 saturated heterocycles. The summed E-state index contributed by atoms with van der Waals surface area (Å²) in [7, 11) is 1.25. The van der Waals surface area contributed by atoms with Gasteiger partial charge < -0.3 is 15.0 Å². The minimum atomic E-state index is -0.924. The number of esters is 1. The number of hydrogen-bond donors (Lipinski definition) is 1. The van der Waals surface area contributed by atoms with E-state index in [0.717, 1.165) is 23.7 Å². The van der Waals surface area contributed by atoms with E-state index in [4.69, 9.17) is 21.9 Å². The third-order valence-corrected chi connectivity index (χ3v) is 7.71. The van der Waals surface area contributed by atoms with Gasteiger partial charge in [-0.25, -0.2) is 4.98 Å². The van der Waals surface area contributed by atoms with Gasteiger partial charge in [-0.2, -0.15) is 0 Å². The van der Waals surface area contributed by atoms with Crippen LogP contribution in [0.5, 0.6) is 0 Å². The van der Waals surface area contributed by atoms with Gasteiger partial charge in [0.15, 0.2) is 0 Å². The first-order valence-electron chi connectivity index (χ1n) is 12.0. The van der Waals surface area contributed by atoms with Crippen molar-refractivity contribution in [1.29, 1.82) is 0 Å². The zero-order chi connectivity index (χ0) is 26.9. The predicted octanol–water partition coefficient (Wildman–Crippen LogP) is 2.12. The fourth-order valence-corrected chi connectivity index (χ4v) is 5.56. The number of pyridine rings is 1. The zero-order valence-corrected chi connectivity index (χ0v) is 22.8. The van der Waals surface area contributed by atoms with Crippen molar-refractivity contribution in [3.8, 4) is 0 Å².